The number of rotatable bonds is 6. The Morgan fingerprint density at radius 3 is 2.58 bits per heavy atom. The Morgan fingerprint density at radius 2 is 1.96 bits per heavy atom. The molecule has 9 heteroatoms. The number of nitrogens with zero attached hydrogens (tertiary/aromatic N) is 3. The molecule has 0 aliphatic rings. The van der Waals surface area contributed by atoms with E-state index in [1.54, 1.807) is 29.9 Å². The Kier molecular flexibility index (Phi) is 4.26. The Balaban J connectivity index is 1.73. The van der Waals surface area contributed by atoms with Gasteiger partial charge in [0.25, 0.3) is 0 Å². The van der Waals surface area contributed by atoms with Crippen molar-refractivity contribution in [3.63, 3.8) is 0 Å². The van der Waals surface area contributed by atoms with E-state index in [2.05, 4.69) is 25.3 Å². The Hall–Kier alpha value is -2.81. The molecular weight excluding hydrogens is 328 g/mol. The number of hydrogen-bond acceptors (Lipinski definition) is 5. The van der Waals surface area contributed by atoms with Crippen LogP contribution in [0.3, 0.4) is 0 Å². The van der Waals surface area contributed by atoms with Crippen LogP contribution in [0.1, 0.15) is 6.92 Å². The molecule has 0 atom stereocenters. The summed E-state index contributed by atoms with van der Waals surface area (Å²) in [5, 5.41) is 14.4. The third-order valence-corrected chi connectivity index (χ3v) is 4.71. The number of aromatic nitrogens is 4. The van der Waals surface area contributed by atoms with Crippen LogP contribution in [0.2, 0.25) is 0 Å². The highest BCUT2D eigenvalue weighted by Gasteiger charge is 2.08. The van der Waals surface area contributed by atoms with Crippen molar-refractivity contribution in [2.75, 3.05) is 15.8 Å². The molecule has 3 N–H and O–H groups in total. The van der Waals surface area contributed by atoms with E-state index in [1.165, 1.54) is 0 Å². The van der Waals surface area contributed by atoms with Gasteiger partial charge in [0.15, 0.2) is 5.82 Å². The molecule has 126 valence electrons. The monoisotopic (exact) mass is 346 g/mol. The maximum Gasteiger partial charge on any atom is 0.232 e. The van der Waals surface area contributed by atoms with Crippen molar-refractivity contribution in [1.29, 1.82) is 0 Å². The first-order chi connectivity index (χ1) is 11.4. The highest BCUT2D eigenvalue weighted by molar-refractivity contribution is 7.92. The van der Waals surface area contributed by atoms with E-state index >= 15 is 0 Å². The zero-order valence-corrected chi connectivity index (χ0v) is 14.1. The molecule has 2 heterocycles. The summed E-state index contributed by atoms with van der Waals surface area (Å²) >= 11 is 0. The maximum absolute atomic E-state index is 11.6. The number of nitrogens with one attached hydrogen (secondary N) is 3. The number of sulfonamides is 1. The number of benzene rings is 1. The number of aromatic amines is 1. The Morgan fingerprint density at radius 1 is 1.21 bits per heavy atom. The topological polar surface area (TPSA) is 105 Å². The van der Waals surface area contributed by atoms with Crippen LogP contribution in [0, 0.1) is 0 Å². The van der Waals surface area contributed by atoms with Crippen molar-refractivity contribution in [2.45, 2.75) is 6.92 Å². The lowest BCUT2D eigenvalue weighted by atomic mass is 10.1. The lowest BCUT2D eigenvalue weighted by molar-refractivity contribution is 0.602. The van der Waals surface area contributed by atoms with Gasteiger partial charge >= 0.3 is 0 Å². The molecule has 8 nitrogen and oxygen atoms in total. The average Bonchev–Trinajstić information content (AvgIpc) is 3.17. The van der Waals surface area contributed by atoms with Gasteiger partial charge in [-0.25, -0.2) is 8.42 Å². The van der Waals surface area contributed by atoms with Gasteiger partial charge < -0.3 is 5.32 Å². The fourth-order valence-corrected chi connectivity index (χ4v) is 2.78. The SMILES string of the molecule is CCS(=O)(=O)Nc1ccc(-c2cc(Nc3cnn(C)c3)n[nH]2)cc1. The summed E-state index contributed by atoms with van der Waals surface area (Å²) in [6, 6.07) is 8.97. The van der Waals surface area contributed by atoms with E-state index in [-0.39, 0.29) is 5.75 Å². The van der Waals surface area contributed by atoms with Crippen LogP contribution in [0.5, 0.6) is 0 Å². The van der Waals surface area contributed by atoms with Crippen LogP contribution in [0.25, 0.3) is 11.3 Å². The first-order valence-corrected chi connectivity index (χ1v) is 9.02. The van der Waals surface area contributed by atoms with E-state index in [9.17, 15) is 8.42 Å². The third-order valence-electron chi connectivity index (χ3n) is 3.40. The molecule has 0 saturated carbocycles. The molecule has 3 rings (SSSR count). The van der Waals surface area contributed by atoms with E-state index in [0.717, 1.165) is 16.9 Å². The largest absolute Gasteiger partial charge is 0.336 e. The molecule has 0 fully saturated rings. The van der Waals surface area contributed by atoms with Gasteiger partial charge in [-0.3, -0.25) is 14.5 Å². The van der Waals surface area contributed by atoms with E-state index in [1.807, 2.05) is 31.4 Å². The molecule has 0 amide bonds. The predicted molar refractivity (Wildman–Crippen MR) is 93.6 cm³/mol. The van der Waals surface area contributed by atoms with Gasteiger partial charge in [0, 0.05) is 25.0 Å². The first-order valence-electron chi connectivity index (χ1n) is 7.37. The van der Waals surface area contributed by atoms with Gasteiger partial charge in [-0.15, -0.1) is 0 Å². The standard InChI is InChI=1S/C15H18N6O2S/c1-3-24(22,23)20-12-6-4-11(5-7-12)14-8-15(19-18-14)17-13-9-16-21(2)10-13/h4-10,20H,3H2,1-2H3,(H2,17,18,19). The Bertz CT molecular complexity index is 927. The summed E-state index contributed by atoms with van der Waals surface area (Å²) in [6.45, 7) is 1.60. The lowest BCUT2D eigenvalue weighted by Crippen LogP contribution is -2.14. The smallest absolute Gasteiger partial charge is 0.232 e. The zero-order valence-electron chi connectivity index (χ0n) is 13.3. The van der Waals surface area contributed by atoms with E-state index in [0.29, 0.717) is 11.5 Å². The third kappa shape index (κ3) is 3.74. The van der Waals surface area contributed by atoms with Crippen LogP contribution in [0.15, 0.2) is 42.7 Å². The second kappa shape index (κ2) is 6.36. The molecular formula is C15H18N6O2S. The van der Waals surface area contributed by atoms with Gasteiger partial charge in [-0.05, 0) is 24.6 Å². The maximum atomic E-state index is 11.6. The van der Waals surface area contributed by atoms with Crippen molar-refractivity contribution in [3.8, 4) is 11.3 Å². The van der Waals surface area contributed by atoms with Gasteiger partial charge in [-0.2, -0.15) is 10.2 Å². The molecule has 1 aromatic carbocycles. The molecule has 0 unspecified atom stereocenters. The highest BCUT2D eigenvalue weighted by Crippen LogP contribution is 2.23. The van der Waals surface area contributed by atoms with Gasteiger partial charge in [0.05, 0.1) is 23.3 Å². The summed E-state index contributed by atoms with van der Waals surface area (Å²) in [7, 11) is -1.42. The molecule has 0 aliphatic heterocycles. The number of H-pyrrole nitrogens is 1. The summed E-state index contributed by atoms with van der Waals surface area (Å²) < 4.78 is 27.3. The van der Waals surface area contributed by atoms with Crippen molar-refractivity contribution in [2.24, 2.45) is 7.05 Å². The summed E-state index contributed by atoms with van der Waals surface area (Å²) in [5.41, 5.74) is 3.11. The van der Waals surface area contributed by atoms with Crippen LogP contribution < -0.4 is 10.0 Å². The molecule has 0 bridgehead atoms. The minimum atomic E-state index is -3.27. The molecule has 24 heavy (non-hydrogen) atoms. The summed E-state index contributed by atoms with van der Waals surface area (Å²) in [5.74, 6) is 0.715. The van der Waals surface area contributed by atoms with Crippen molar-refractivity contribution in [1.82, 2.24) is 20.0 Å². The van der Waals surface area contributed by atoms with Crippen LogP contribution in [0.4, 0.5) is 17.2 Å². The number of anilines is 3. The average molecular weight is 346 g/mol. The molecule has 3 aromatic rings. The van der Waals surface area contributed by atoms with Crippen molar-refractivity contribution in [3.05, 3.63) is 42.7 Å². The molecule has 2 aromatic heterocycles. The molecule has 0 spiro atoms. The minimum Gasteiger partial charge on any atom is -0.336 e. The van der Waals surface area contributed by atoms with Crippen LogP contribution in [-0.4, -0.2) is 34.1 Å². The lowest BCUT2D eigenvalue weighted by Gasteiger charge is -2.06. The van der Waals surface area contributed by atoms with Crippen LogP contribution in [-0.2, 0) is 17.1 Å². The molecule has 0 saturated heterocycles. The molecule has 0 radical (unpaired) electrons. The minimum absolute atomic E-state index is 0.0403. The second-order valence-electron chi connectivity index (χ2n) is 5.28. The Labute approximate surface area is 140 Å². The molecule has 0 aliphatic carbocycles. The first kappa shape index (κ1) is 16.1. The zero-order chi connectivity index (χ0) is 17.2. The number of aryl methyl sites for hydroxylation is 1. The fourth-order valence-electron chi connectivity index (χ4n) is 2.14. The van der Waals surface area contributed by atoms with Gasteiger partial charge in [0.2, 0.25) is 10.0 Å². The van der Waals surface area contributed by atoms with Crippen molar-refractivity contribution < 1.29 is 8.42 Å². The second-order valence-corrected chi connectivity index (χ2v) is 7.29. The van der Waals surface area contributed by atoms with Gasteiger partial charge in [0.1, 0.15) is 0 Å². The van der Waals surface area contributed by atoms with Crippen LogP contribution >= 0.6 is 0 Å². The highest BCUT2D eigenvalue weighted by atomic mass is 32.2. The fraction of sp³-hybridized carbons (Fsp3) is 0.200. The van der Waals surface area contributed by atoms with E-state index in [4.69, 9.17) is 0 Å². The summed E-state index contributed by atoms with van der Waals surface area (Å²) in [6.07, 6.45) is 3.56. The predicted octanol–water partition coefficient (Wildman–Crippen LogP) is 2.32. The van der Waals surface area contributed by atoms with Gasteiger partial charge in [-0.1, -0.05) is 12.1 Å². The quantitative estimate of drug-likeness (QED) is 0.635. The van der Waals surface area contributed by atoms with Crippen molar-refractivity contribution >= 4 is 27.2 Å². The number of hydrogen-bond donors (Lipinski definition) is 3. The van der Waals surface area contributed by atoms with E-state index < -0.39 is 10.0 Å². The normalized spacial score (nSPS) is 11.4. The summed E-state index contributed by atoms with van der Waals surface area (Å²) in [4.78, 5) is 0.